The molecule has 20 heavy (non-hydrogen) atoms. The molecule has 0 spiro atoms. The summed E-state index contributed by atoms with van der Waals surface area (Å²) in [6, 6.07) is 0. The maximum Gasteiger partial charge on any atom is 0.0534 e. The smallest absolute Gasteiger partial charge is 0.0534 e. The maximum atomic E-state index is 7.00. The molecule has 0 atom stereocenters. The highest BCUT2D eigenvalue weighted by Gasteiger charge is 1.94. The van der Waals surface area contributed by atoms with Gasteiger partial charge in [0.05, 0.1) is 2.74 Å². The predicted octanol–water partition coefficient (Wildman–Crippen LogP) is 7.82. The highest BCUT2D eigenvalue weighted by Crippen LogP contribution is 2.13. The van der Waals surface area contributed by atoms with Gasteiger partial charge in [-0.2, -0.15) is 0 Å². The zero-order valence-electron chi connectivity index (χ0n) is 16.1. The van der Waals surface area contributed by atoms with Crippen LogP contribution >= 0.6 is 0 Å². The lowest BCUT2D eigenvalue weighted by atomic mass is 10.0. The van der Waals surface area contributed by atoms with Gasteiger partial charge in [0.25, 0.3) is 0 Å². The molecular formula is C20H40. The molecule has 0 heteroatoms. The van der Waals surface area contributed by atoms with E-state index in [1.54, 1.807) is 6.08 Å². The Labute approximate surface area is 132 Å². The molecule has 0 nitrogen and oxygen atoms in total. The summed E-state index contributed by atoms with van der Waals surface area (Å²) < 4.78 is 14.0. The second kappa shape index (κ2) is 18.7. The number of hydrogen-bond donors (Lipinski definition) is 0. The Morgan fingerprint density at radius 2 is 0.950 bits per heavy atom. The van der Waals surface area contributed by atoms with Crippen LogP contribution in [-0.2, 0) is 0 Å². The molecule has 0 aromatic carbocycles. The summed E-state index contributed by atoms with van der Waals surface area (Å²) in [5, 5.41) is 0. The molecule has 120 valence electrons. The summed E-state index contributed by atoms with van der Waals surface area (Å²) in [4.78, 5) is 0. The third-order valence-corrected chi connectivity index (χ3v) is 4.20. The molecule has 0 amide bonds. The van der Waals surface area contributed by atoms with Crippen molar-refractivity contribution in [2.45, 2.75) is 116 Å². The Morgan fingerprint density at radius 3 is 1.30 bits per heavy atom. The van der Waals surface area contributed by atoms with Gasteiger partial charge in [-0.25, -0.2) is 0 Å². The van der Waals surface area contributed by atoms with Crippen LogP contribution in [0.5, 0.6) is 0 Å². The third-order valence-electron chi connectivity index (χ3n) is 4.20. The van der Waals surface area contributed by atoms with Gasteiger partial charge < -0.3 is 0 Å². The second-order valence-corrected chi connectivity index (χ2v) is 6.30. The molecule has 0 heterocycles. The van der Waals surface area contributed by atoms with Gasteiger partial charge in [0.15, 0.2) is 0 Å². The van der Waals surface area contributed by atoms with Crippen molar-refractivity contribution in [2.75, 3.05) is 0 Å². The van der Waals surface area contributed by atoms with Gasteiger partial charge in [0.1, 0.15) is 0 Å². The SMILES string of the molecule is [2H]C([2H])=CCCCCCCCCCCCCCCCCCC. The van der Waals surface area contributed by atoms with E-state index < -0.39 is 0 Å². The molecule has 0 fully saturated rings. The topological polar surface area (TPSA) is 0 Å². The summed E-state index contributed by atoms with van der Waals surface area (Å²) in [7, 11) is 0. The van der Waals surface area contributed by atoms with Gasteiger partial charge in [0.2, 0.25) is 0 Å². The van der Waals surface area contributed by atoms with E-state index >= 15 is 0 Å². The quantitative estimate of drug-likeness (QED) is 0.188. The molecule has 0 saturated carbocycles. The zero-order chi connectivity index (χ0) is 16.3. The normalized spacial score (nSPS) is 12.1. The van der Waals surface area contributed by atoms with Gasteiger partial charge in [-0.05, 0) is 12.8 Å². The third kappa shape index (κ3) is 17.7. The first-order valence-corrected chi connectivity index (χ1v) is 9.40. The monoisotopic (exact) mass is 282 g/mol. The van der Waals surface area contributed by atoms with Crippen LogP contribution in [0, 0.1) is 0 Å². The molecule has 0 N–H and O–H groups in total. The van der Waals surface area contributed by atoms with Crippen molar-refractivity contribution >= 4 is 0 Å². The Morgan fingerprint density at radius 1 is 0.600 bits per heavy atom. The zero-order valence-corrected chi connectivity index (χ0v) is 14.1. The molecule has 0 aromatic heterocycles. The highest BCUT2D eigenvalue weighted by molar-refractivity contribution is 4.65. The lowest BCUT2D eigenvalue weighted by Crippen LogP contribution is -1.83. The molecule has 0 radical (unpaired) electrons. The molecule has 0 bridgehead atoms. The van der Waals surface area contributed by atoms with Crippen LogP contribution in [0.4, 0.5) is 0 Å². The van der Waals surface area contributed by atoms with E-state index in [9.17, 15) is 0 Å². The van der Waals surface area contributed by atoms with Crippen molar-refractivity contribution < 1.29 is 2.74 Å². The molecule has 0 aliphatic rings. The molecule has 0 aliphatic heterocycles. The van der Waals surface area contributed by atoms with E-state index in [0.29, 0.717) is 0 Å². The first-order chi connectivity index (χ1) is 10.8. The standard InChI is InChI=1S/C20H40/c1-3-5-7-9-11-13-15-17-19-20-18-16-14-12-10-8-6-4-2/h3H,1,4-20H2,2H3/i1D2. The Bertz CT molecular complexity index is 232. The van der Waals surface area contributed by atoms with E-state index in [-0.39, 0.29) is 6.53 Å². The van der Waals surface area contributed by atoms with E-state index in [4.69, 9.17) is 2.74 Å². The summed E-state index contributed by atoms with van der Waals surface area (Å²) in [6.07, 6.45) is 24.9. The van der Waals surface area contributed by atoms with Gasteiger partial charge in [-0.1, -0.05) is 109 Å². The lowest BCUT2D eigenvalue weighted by Gasteiger charge is -2.03. The Balaban J connectivity index is 2.98. The van der Waals surface area contributed by atoms with E-state index in [0.717, 1.165) is 12.8 Å². The molecule has 0 rings (SSSR count). The minimum atomic E-state index is -0.0269. The summed E-state index contributed by atoms with van der Waals surface area (Å²) >= 11 is 0. The Hall–Kier alpha value is -0.260. The lowest BCUT2D eigenvalue weighted by molar-refractivity contribution is 0.530. The Kier molecular flexibility index (Phi) is 15.1. The van der Waals surface area contributed by atoms with Gasteiger partial charge in [0, 0.05) is 0 Å². The van der Waals surface area contributed by atoms with Crippen LogP contribution in [-0.4, -0.2) is 0 Å². The van der Waals surface area contributed by atoms with Crippen molar-refractivity contribution in [2.24, 2.45) is 0 Å². The van der Waals surface area contributed by atoms with Gasteiger partial charge >= 0.3 is 0 Å². The fourth-order valence-electron chi connectivity index (χ4n) is 2.79. The first-order valence-electron chi connectivity index (χ1n) is 10.4. The van der Waals surface area contributed by atoms with Crippen LogP contribution in [0.1, 0.15) is 119 Å². The minimum absolute atomic E-state index is 0.0269. The van der Waals surface area contributed by atoms with Crippen molar-refractivity contribution in [3.05, 3.63) is 12.6 Å². The molecular weight excluding hydrogens is 240 g/mol. The van der Waals surface area contributed by atoms with Crippen molar-refractivity contribution in [3.8, 4) is 0 Å². The number of unbranched alkanes of at least 4 members (excludes halogenated alkanes) is 16. The van der Waals surface area contributed by atoms with Crippen LogP contribution in [0.15, 0.2) is 12.6 Å². The fraction of sp³-hybridized carbons (Fsp3) is 0.900. The minimum Gasteiger partial charge on any atom is -0.103 e. The van der Waals surface area contributed by atoms with Crippen LogP contribution in [0.3, 0.4) is 0 Å². The molecule has 0 saturated heterocycles. The maximum absolute atomic E-state index is 7.00. The van der Waals surface area contributed by atoms with E-state index in [1.807, 2.05) is 0 Å². The van der Waals surface area contributed by atoms with Gasteiger partial charge in [-0.3, -0.25) is 0 Å². The summed E-state index contributed by atoms with van der Waals surface area (Å²) in [6.45, 7) is 2.26. The molecule has 0 unspecified atom stereocenters. The average Bonchev–Trinajstić information content (AvgIpc) is 2.50. The van der Waals surface area contributed by atoms with Crippen molar-refractivity contribution in [1.29, 1.82) is 0 Å². The molecule has 0 aromatic rings. The largest absolute Gasteiger partial charge is 0.103 e. The van der Waals surface area contributed by atoms with Gasteiger partial charge in [-0.15, -0.1) is 6.53 Å². The number of rotatable bonds is 17. The van der Waals surface area contributed by atoms with Crippen molar-refractivity contribution in [1.82, 2.24) is 0 Å². The number of hydrogen-bond acceptors (Lipinski definition) is 0. The highest BCUT2D eigenvalue weighted by atomic mass is 14.0. The van der Waals surface area contributed by atoms with Crippen molar-refractivity contribution in [3.63, 3.8) is 0 Å². The average molecular weight is 283 g/mol. The molecule has 0 aliphatic carbocycles. The fourth-order valence-corrected chi connectivity index (χ4v) is 2.79. The van der Waals surface area contributed by atoms with E-state index in [1.165, 1.54) is 96.3 Å². The second-order valence-electron chi connectivity index (χ2n) is 6.30. The van der Waals surface area contributed by atoms with Crippen LogP contribution < -0.4 is 0 Å². The number of allylic oxidation sites excluding steroid dienone is 1. The van der Waals surface area contributed by atoms with Crippen LogP contribution in [0.2, 0.25) is 0 Å². The first kappa shape index (κ1) is 16.1. The van der Waals surface area contributed by atoms with E-state index in [2.05, 4.69) is 6.92 Å². The predicted molar refractivity (Wildman–Crippen MR) is 94.4 cm³/mol. The summed E-state index contributed by atoms with van der Waals surface area (Å²) in [5.41, 5.74) is 0. The summed E-state index contributed by atoms with van der Waals surface area (Å²) in [5.74, 6) is 0. The van der Waals surface area contributed by atoms with Crippen LogP contribution in [0.25, 0.3) is 0 Å².